The number of hydrogen-bond acceptors (Lipinski definition) is 8. The van der Waals surface area contributed by atoms with Gasteiger partial charge in [0.15, 0.2) is 0 Å². The monoisotopic (exact) mass is 762 g/mol. The molecule has 288 valence electrons. The Balaban J connectivity index is 0.000000286. The molecular formula is C42H60Cl2N8O. The van der Waals surface area contributed by atoms with Crippen molar-refractivity contribution in [2.45, 2.75) is 113 Å². The van der Waals surface area contributed by atoms with Gasteiger partial charge in [0.1, 0.15) is 17.3 Å². The molecule has 2 aromatic heterocycles. The standard InChI is InChI=1S/C21H29ClN4O.C21H31ClN4/c1-20(2,3)14-21(4,5)25-17-12-16(23-19(22)24-17)18(27)26(6)13-15-10-8-7-9-11-15;1-20(2,3)15-21(4,5)25-18-12-17(23-19(22)24-18)14-26(6)13-16-10-8-7-9-11-16/h7-12H,13-14H2,1-6H3,(H,23,24,25);7-12H,13-15H2,1-6H3,(H,23,24,25). The van der Waals surface area contributed by atoms with Crippen molar-refractivity contribution in [3.05, 3.63) is 106 Å². The van der Waals surface area contributed by atoms with Crippen LogP contribution in [0, 0.1) is 10.8 Å². The molecule has 0 spiro atoms. The van der Waals surface area contributed by atoms with E-state index < -0.39 is 0 Å². The van der Waals surface area contributed by atoms with Gasteiger partial charge in [-0.05, 0) is 92.7 Å². The quantitative estimate of drug-likeness (QED) is 0.130. The maximum absolute atomic E-state index is 12.8. The molecule has 0 radical (unpaired) electrons. The molecule has 0 saturated carbocycles. The zero-order chi connectivity index (χ0) is 39.6. The zero-order valence-electron chi connectivity index (χ0n) is 33.8. The summed E-state index contributed by atoms with van der Waals surface area (Å²) in [7, 11) is 3.83. The van der Waals surface area contributed by atoms with E-state index in [1.807, 2.05) is 42.5 Å². The van der Waals surface area contributed by atoms with Crippen LogP contribution < -0.4 is 10.6 Å². The Morgan fingerprint density at radius 3 is 1.51 bits per heavy atom. The highest BCUT2D eigenvalue weighted by Crippen LogP contribution is 2.31. The molecule has 0 fully saturated rings. The highest BCUT2D eigenvalue weighted by Gasteiger charge is 2.27. The van der Waals surface area contributed by atoms with Crippen LogP contribution in [0.4, 0.5) is 11.6 Å². The molecule has 2 N–H and O–H groups in total. The van der Waals surface area contributed by atoms with Crippen molar-refractivity contribution < 1.29 is 4.79 Å². The topological polar surface area (TPSA) is 99.2 Å². The highest BCUT2D eigenvalue weighted by molar-refractivity contribution is 6.28. The fraction of sp³-hybridized carbons (Fsp3) is 0.500. The van der Waals surface area contributed by atoms with Crippen molar-refractivity contribution in [2.24, 2.45) is 10.8 Å². The van der Waals surface area contributed by atoms with E-state index in [0.717, 1.165) is 36.5 Å². The summed E-state index contributed by atoms with van der Waals surface area (Å²) in [4.78, 5) is 33.8. The van der Waals surface area contributed by atoms with Gasteiger partial charge in [-0.1, -0.05) is 102 Å². The summed E-state index contributed by atoms with van der Waals surface area (Å²) in [5, 5.41) is 7.26. The fourth-order valence-electron chi connectivity index (χ4n) is 6.99. The summed E-state index contributed by atoms with van der Waals surface area (Å²) in [6, 6.07) is 23.9. The van der Waals surface area contributed by atoms with Gasteiger partial charge in [-0.2, -0.15) is 0 Å². The van der Waals surface area contributed by atoms with Crippen LogP contribution >= 0.6 is 23.2 Å². The van der Waals surface area contributed by atoms with Gasteiger partial charge >= 0.3 is 0 Å². The number of rotatable bonds is 13. The molecule has 11 heteroatoms. The summed E-state index contributed by atoms with van der Waals surface area (Å²) in [5.41, 5.74) is 3.63. The minimum atomic E-state index is -0.202. The van der Waals surface area contributed by atoms with Crippen LogP contribution in [0.15, 0.2) is 72.8 Å². The third-order valence-electron chi connectivity index (χ3n) is 7.88. The van der Waals surface area contributed by atoms with E-state index in [-0.39, 0.29) is 44.1 Å². The van der Waals surface area contributed by atoms with Gasteiger partial charge in [0, 0.05) is 49.9 Å². The molecule has 0 bridgehead atoms. The molecule has 0 unspecified atom stereocenters. The summed E-state index contributed by atoms with van der Waals surface area (Å²) >= 11 is 12.3. The molecule has 0 aliphatic rings. The van der Waals surface area contributed by atoms with Crippen LogP contribution in [0.2, 0.25) is 10.6 Å². The van der Waals surface area contributed by atoms with Crippen LogP contribution in [0.1, 0.15) is 109 Å². The molecule has 0 aliphatic carbocycles. The van der Waals surface area contributed by atoms with E-state index >= 15 is 0 Å². The van der Waals surface area contributed by atoms with E-state index in [1.54, 1.807) is 18.0 Å². The molecule has 1 amide bonds. The molecule has 53 heavy (non-hydrogen) atoms. The lowest BCUT2D eigenvalue weighted by molar-refractivity contribution is 0.0779. The van der Waals surface area contributed by atoms with Gasteiger partial charge < -0.3 is 15.5 Å². The first-order valence-electron chi connectivity index (χ1n) is 18.1. The number of carbonyl (C=O) groups excluding carboxylic acids is 1. The van der Waals surface area contributed by atoms with Crippen molar-refractivity contribution in [1.82, 2.24) is 29.7 Å². The van der Waals surface area contributed by atoms with E-state index in [2.05, 4.69) is 136 Å². The average Bonchev–Trinajstić information content (AvgIpc) is 2.98. The second-order valence-corrected chi connectivity index (χ2v) is 18.4. The number of nitrogens with zero attached hydrogens (tertiary/aromatic N) is 6. The molecule has 0 aliphatic heterocycles. The third kappa shape index (κ3) is 16.8. The second kappa shape index (κ2) is 18.5. The number of aromatic nitrogens is 4. The lowest BCUT2D eigenvalue weighted by Gasteiger charge is -2.34. The van der Waals surface area contributed by atoms with E-state index in [4.69, 9.17) is 23.2 Å². The Morgan fingerprint density at radius 1 is 0.604 bits per heavy atom. The van der Waals surface area contributed by atoms with Gasteiger partial charge in [-0.3, -0.25) is 9.69 Å². The SMILES string of the molecule is CN(Cc1ccccc1)C(=O)c1cc(NC(C)(C)CC(C)(C)C)nc(Cl)n1.CN(Cc1ccccc1)Cc1cc(NC(C)(C)CC(C)(C)C)nc(Cl)n1. The molecule has 2 aromatic carbocycles. The fourth-order valence-corrected chi connectivity index (χ4v) is 7.37. The van der Waals surface area contributed by atoms with Crippen molar-refractivity contribution >= 4 is 40.7 Å². The number of carbonyl (C=O) groups is 1. The Bertz CT molecular complexity index is 1750. The van der Waals surface area contributed by atoms with Crippen LogP contribution in [0.3, 0.4) is 0 Å². The minimum absolute atomic E-state index is 0.0584. The minimum Gasteiger partial charge on any atom is -0.365 e. The van der Waals surface area contributed by atoms with Gasteiger partial charge in [0.05, 0.1) is 5.69 Å². The second-order valence-electron chi connectivity index (χ2n) is 17.7. The lowest BCUT2D eigenvalue weighted by Crippen LogP contribution is -2.36. The Kier molecular flexibility index (Phi) is 15.2. The predicted octanol–water partition coefficient (Wildman–Crippen LogP) is 10.4. The number of benzene rings is 2. The number of halogens is 2. The molecule has 2 heterocycles. The van der Waals surface area contributed by atoms with Crippen molar-refractivity contribution in [3.63, 3.8) is 0 Å². The highest BCUT2D eigenvalue weighted by atomic mass is 35.5. The van der Waals surface area contributed by atoms with Gasteiger partial charge in [-0.15, -0.1) is 0 Å². The number of anilines is 2. The Morgan fingerprint density at radius 2 is 1.04 bits per heavy atom. The molecule has 4 rings (SSSR count). The Labute approximate surface area is 328 Å². The summed E-state index contributed by atoms with van der Waals surface area (Å²) in [6.07, 6.45) is 1.95. The molecule has 4 aromatic rings. The van der Waals surface area contributed by atoms with E-state index in [0.29, 0.717) is 18.9 Å². The van der Waals surface area contributed by atoms with Crippen LogP contribution in [0.25, 0.3) is 0 Å². The number of hydrogen-bond donors (Lipinski definition) is 2. The normalized spacial score (nSPS) is 12.2. The first-order chi connectivity index (χ1) is 24.5. The zero-order valence-corrected chi connectivity index (χ0v) is 35.3. The van der Waals surface area contributed by atoms with Gasteiger partial charge in [-0.25, -0.2) is 19.9 Å². The molecule has 0 saturated heterocycles. The maximum Gasteiger partial charge on any atom is 0.272 e. The predicted molar refractivity (Wildman–Crippen MR) is 221 cm³/mol. The van der Waals surface area contributed by atoms with Gasteiger partial charge in [0.25, 0.3) is 5.91 Å². The van der Waals surface area contributed by atoms with Gasteiger partial charge in [0.2, 0.25) is 10.6 Å². The molecule has 0 atom stereocenters. The first kappa shape index (κ1) is 43.6. The van der Waals surface area contributed by atoms with Crippen molar-refractivity contribution in [3.8, 4) is 0 Å². The van der Waals surface area contributed by atoms with Crippen molar-refractivity contribution in [2.75, 3.05) is 24.7 Å². The lowest BCUT2D eigenvalue weighted by atomic mass is 9.82. The smallest absolute Gasteiger partial charge is 0.272 e. The number of nitrogens with one attached hydrogen (secondary N) is 2. The van der Waals surface area contributed by atoms with Crippen LogP contribution in [-0.4, -0.2) is 60.8 Å². The summed E-state index contributed by atoms with van der Waals surface area (Å²) in [6.45, 7) is 24.0. The molecular weight excluding hydrogens is 703 g/mol. The van der Waals surface area contributed by atoms with E-state index in [1.165, 1.54) is 5.56 Å². The summed E-state index contributed by atoms with van der Waals surface area (Å²) < 4.78 is 0. The first-order valence-corrected chi connectivity index (χ1v) is 18.9. The molecule has 9 nitrogen and oxygen atoms in total. The summed E-state index contributed by atoms with van der Waals surface area (Å²) in [5.74, 6) is 1.14. The third-order valence-corrected chi connectivity index (χ3v) is 8.22. The van der Waals surface area contributed by atoms with Crippen LogP contribution in [-0.2, 0) is 19.6 Å². The van der Waals surface area contributed by atoms with Crippen molar-refractivity contribution in [1.29, 1.82) is 0 Å². The number of amides is 1. The average molecular weight is 764 g/mol. The Hall–Kier alpha value is -3.79. The largest absolute Gasteiger partial charge is 0.365 e. The maximum atomic E-state index is 12.8. The van der Waals surface area contributed by atoms with Crippen LogP contribution in [0.5, 0.6) is 0 Å². The van der Waals surface area contributed by atoms with E-state index in [9.17, 15) is 4.79 Å².